The van der Waals surface area contributed by atoms with Crippen LogP contribution in [0.2, 0.25) is 0 Å². The smallest absolute Gasteiger partial charge is 0.248 e. The number of carbonyl (C=O) groups excluding carboxylic acids is 1. The summed E-state index contributed by atoms with van der Waals surface area (Å²) < 4.78 is 29.6. The molecule has 1 aromatic carbocycles. The van der Waals surface area contributed by atoms with Gasteiger partial charge < -0.3 is 19.9 Å². The van der Waals surface area contributed by atoms with Crippen molar-refractivity contribution in [2.75, 3.05) is 20.1 Å². The first-order valence-corrected chi connectivity index (χ1v) is 12.7. The maximum atomic E-state index is 13.7. The zero-order valence-corrected chi connectivity index (χ0v) is 21.3. The van der Waals surface area contributed by atoms with Crippen LogP contribution in [0.1, 0.15) is 70.7 Å². The Morgan fingerprint density at radius 1 is 1.20 bits per heavy atom. The fourth-order valence-electron chi connectivity index (χ4n) is 5.51. The van der Waals surface area contributed by atoms with Gasteiger partial charge in [-0.3, -0.25) is 4.79 Å². The number of hydrogen-bond donors (Lipinski definition) is 2. The molecule has 0 unspecified atom stereocenters. The van der Waals surface area contributed by atoms with E-state index in [-0.39, 0.29) is 36.0 Å². The van der Waals surface area contributed by atoms with Crippen molar-refractivity contribution in [1.82, 2.24) is 19.8 Å². The molecule has 2 fully saturated rings. The lowest BCUT2D eigenvalue weighted by Gasteiger charge is -2.34. The van der Waals surface area contributed by atoms with Gasteiger partial charge >= 0.3 is 0 Å². The Bertz CT molecular complexity index is 1080. The number of amides is 1. The fourth-order valence-corrected chi connectivity index (χ4v) is 5.51. The highest BCUT2D eigenvalue weighted by atomic mass is 19.3. The van der Waals surface area contributed by atoms with Crippen LogP contribution in [-0.2, 0) is 16.8 Å². The van der Waals surface area contributed by atoms with Crippen molar-refractivity contribution in [3.8, 4) is 0 Å². The van der Waals surface area contributed by atoms with E-state index in [0.29, 0.717) is 32.5 Å². The third-order valence-electron chi connectivity index (χ3n) is 7.57. The Balaban J connectivity index is 1.60. The van der Waals surface area contributed by atoms with Crippen molar-refractivity contribution < 1.29 is 18.7 Å². The van der Waals surface area contributed by atoms with Crippen LogP contribution in [0.15, 0.2) is 24.5 Å². The van der Waals surface area contributed by atoms with Gasteiger partial charge in [-0.05, 0) is 43.7 Å². The molecule has 2 aromatic rings. The van der Waals surface area contributed by atoms with Gasteiger partial charge in [0.25, 0.3) is 0 Å². The molecule has 35 heavy (non-hydrogen) atoms. The molecule has 0 atom stereocenters. The minimum atomic E-state index is -2.53. The van der Waals surface area contributed by atoms with Crippen molar-refractivity contribution in [2.24, 2.45) is 11.8 Å². The molecule has 0 radical (unpaired) electrons. The number of nitrogens with one attached hydrogen (secondary N) is 1. The molecule has 1 aliphatic heterocycles. The minimum absolute atomic E-state index is 0.00320. The van der Waals surface area contributed by atoms with Gasteiger partial charge in [-0.2, -0.15) is 0 Å². The first-order chi connectivity index (χ1) is 16.5. The number of benzene rings is 1. The standard InChI is InChI=1S/C27H38F2N4O2/c1-26(2,3)25-31-21-15-20(23(17-34)32-13-9-19(10-14-32)24(35)30-4)5-6-22(21)33(25)16-18-7-11-27(28,29)12-8-18/h5-6,15,17-19,34H,7-14,16H2,1-4H3,(H,30,35)/b23-17+. The number of nitrogens with zero attached hydrogens (tertiary/aromatic N) is 3. The molecule has 2 aliphatic rings. The van der Waals surface area contributed by atoms with E-state index >= 15 is 0 Å². The maximum Gasteiger partial charge on any atom is 0.248 e. The van der Waals surface area contributed by atoms with Crippen molar-refractivity contribution in [3.63, 3.8) is 0 Å². The number of aliphatic hydroxyl groups excluding tert-OH is 1. The molecule has 2 heterocycles. The molecule has 0 spiro atoms. The summed E-state index contributed by atoms with van der Waals surface area (Å²) in [6.07, 6.45) is 3.59. The van der Waals surface area contributed by atoms with Gasteiger partial charge in [0.15, 0.2) is 0 Å². The topological polar surface area (TPSA) is 70.4 Å². The summed E-state index contributed by atoms with van der Waals surface area (Å²) in [5, 5.41) is 12.8. The van der Waals surface area contributed by atoms with Crippen LogP contribution in [0, 0.1) is 11.8 Å². The number of fused-ring (bicyclic) bond motifs is 1. The largest absolute Gasteiger partial charge is 0.513 e. The average Bonchev–Trinajstić information content (AvgIpc) is 3.19. The van der Waals surface area contributed by atoms with Crippen LogP contribution in [-0.4, -0.2) is 51.5 Å². The van der Waals surface area contributed by atoms with E-state index in [0.717, 1.165) is 47.2 Å². The molecule has 0 bridgehead atoms. The second-order valence-corrected chi connectivity index (χ2v) is 11.2. The lowest BCUT2D eigenvalue weighted by molar-refractivity contribution is -0.125. The summed E-state index contributed by atoms with van der Waals surface area (Å²) in [5.74, 6) is -1.30. The molecule has 192 valence electrons. The zero-order chi connectivity index (χ0) is 25.4. The van der Waals surface area contributed by atoms with Crippen LogP contribution >= 0.6 is 0 Å². The summed E-state index contributed by atoms with van der Waals surface area (Å²) in [4.78, 5) is 19.1. The summed E-state index contributed by atoms with van der Waals surface area (Å²) >= 11 is 0. The number of hydrogen-bond acceptors (Lipinski definition) is 4. The van der Waals surface area contributed by atoms with E-state index in [2.05, 4.69) is 35.6 Å². The number of alkyl halides is 2. The van der Waals surface area contributed by atoms with Crippen molar-refractivity contribution in [3.05, 3.63) is 35.8 Å². The third-order valence-corrected chi connectivity index (χ3v) is 7.57. The quantitative estimate of drug-likeness (QED) is 0.548. The first kappa shape index (κ1) is 25.5. The highest BCUT2D eigenvalue weighted by Crippen LogP contribution is 2.38. The number of imidazole rings is 1. The van der Waals surface area contributed by atoms with Crippen LogP contribution < -0.4 is 5.32 Å². The van der Waals surface area contributed by atoms with E-state index in [1.165, 1.54) is 0 Å². The predicted octanol–water partition coefficient (Wildman–Crippen LogP) is 5.47. The van der Waals surface area contributed by atoms with E-state index < -0.39 is 5.92 Å². The first-order valence-electron chi connectivity index (χ1n) is 12.7. The normalized spacial score (nSPS) is 20.4. The van der Waals surface area contributed by atoms with Crippen LogP contribution in [0.4, 0.5) is 8.78 Å². The third kappa shape index (κ3) is 5.46. The Kier molecular flexibility index (Phi) is 7.11. The average molecular weight is 489 g/mol. The summed E-state index contributed by atoms with van der Waals surface area (Å²) in [7, 11) is 1.66. The molecule has 2 N–H and O–H groups in total. The minimum Gasteiger partial charge on any atom is -0.513 e. The summed E-state index contributed by atoms with van der Waals surface area (Å²) in [5.41, 5.74) is 3.24. The maximum absolute atomic E-state index is 13.7. The Morgan fingerprint density at radius 3 is 2.43 bits per heavy atom. The van der Waals surface area contributed by atoms with Crippen molar-refractivity contribution >= 4 is 22.6 Å². The van der Waals surface area contributed by atoms with Gasteiger partial charge in [0.2, 0.25) is 11.8 Å². The van der Waals surface area contributed by atoms with Crippen LogP contribution in [0.5, 0.6) is 0 Å². The van der Waals surface area contributed by atoms with E-state index in [1.807, 2.05) is 18.2 Å². The summed E-state index contributed by atoms with van der Waals surface area (Å²) in [6, 6.07) is 6.03. The SMILES string of the molecule is CNC(=O)C1CCN(/C(=C/O)c2ccc3c(c2)nc(C(C)(C)C)n3CC2CCC(F)(F)CC2)CC1. The molecule has 4 rings (SSSR count). The number of aromatic nitrogens is 2. The molecular formula is C27H38F2N4O2. The second-order valence-electron chi connectivity index (χ2n) is 11.2. The summed E-state index contributed by atoms with van der Waals surface area (Å²) in [6.45, 7) is 8.43. The lowest BCUT2D eigenvalue weighted by atomic mass is 9.86. The fraction of sp³-hybridized carbons (Fsp3) is 0.630. The number of carbonyl (C=O) groups is 1. The molecule has 1 saturated heterocycles. The van der Waals surface area contributed by atoms with E-state index in [4.69, 9.17) is 4.98 Å². The molecule has 1 saturated carbocycles. The number of rotatable bonds is 5. The Morgan fingerprint density at radius 2 is 1.86 bits per heavy atom. The van der Waals surface area contributed by atoms with Gasteiger partial charge in [-0.1, -0.05) is 26.8 Å². The molecule has 1 aliphatic carbocycles. The highest BCUT2D eigenvalue weighted by Gasteiger charge is 2.36. The Hall–Kier alpha value is -2.64. The van der Waals surface area contributed by atoms with Gasteiger partial charge in [0, 0.05) is 56.4 Å². The molecule has 8 heteroatoms. The number of aliphatic hydroxyl groups is 1. The predicted molar refractivity (Wildman–Crippen MR) is 134 cm³/mol. The molecule has 1 amide bonds. The second kappa shape index (κ2) is 9.78. The number of halogens is 2. The van der Waals surface area contributed by atoms with Gasteiger partial charge in [-0.25, -0.2) is 13.8 Å². The highest BCUT2D eigenvalue weighted by molar-refractivity contribution is 5.82. The Labute approximate surface area is 206 Å². The van der Waals surface area contributed by atoms with Crippen LogP contribution in [0.25, 0.3) is 16.7 Å². The van der Waals surface area contributed by atoms with Crippen molar-refractivity contribution in [1.29, 1.82) is 0 Å². The van der Waals surface area contributed by atoms with Crippen molar-refractivity contribution in [2.45, 2.75) is 77.2 Å². The number of piperidine rings is 1. The molecular weight excluding hydrogens is 450 g/mol. The van der Waals surface area contributed by atoms with Crippen LogP contribution in [0.3, 0.4) is 0 Å². The van der Waals surface area contributed by atoms with E-state index in [9.17, 15) is 18.7 Å². The van der Waals surface area contributed by atoms with Gasteiger partial charge in [0.05, 0.1) is 16.7 Å². The van der Waals surface area contributed by atoms with E-state index in [1.54, 1.807) is 7.05 Å². The molecule has 6 nitrogen and oxygen atoms in total. The number of likely N-dealkylation sites (tertiary alicyclic amines) is 1. The zero-order valence-electron chi connectivity index (χ0n) is 21.3. The lowest BCUT2D eigenvalue weighted by Crippen LogP contribution is -2.38. The molecule has 1 aromatic heterocycles. The van der Waals surface area contributed by atoms with Gasteiger partial charge in [-0.15, -0.1) is 0 Å². The van der Waals surface area contributed by atoms with Gasteiger partial charge in [0.1, 0.15) is 12.1 Å². The monoisotopic (exact) mass is 488 g/mol.